The Morgan fingerprint density at radius 3 is 2.50 bits per heavy atom. The highest BCUT2D eigenvalue weighted by Crippen LogP contribution is 2.55. The first-order valence-electron chi connectivity index (χ1n) is 12.6. The number of nitrogens with zero attached hydrogens (tertiary/aromatic N) is 1. The fourth-order valence-corrected chi connectivity index (χ4v) is 6.07. The van der Waals surface area contributed by atoms with Crippen LogP contribution in [0.3, 0.4) is 0 Å². The van der Waals surface area contributed by atoms with E-state index in [0.717, 1.165) is 49.1 Å². The standard InChI is InChI=1S/C28H31F4NO3/c1-15(2)25-24(26(35)18-5-4-17(12-19(18)29)28(30,31)32)22(16-6-10-36-11-7-16)23-20(33-25)13-27(8-3-9-27)14-21(23)34/h4-6,12,15,21,26,34-35H,3,7-11,13-14H2,1-2H3/t21?,26-/m0/s1. The Morgan fingerprint density at radius 2 is 1.94 bits per heavy atom. The quantitative estimate of drug-likeness (QED) is 0.472. The number of hydrogen-bond donors (Lipinski definition) is 2. The van der Waals surface area contributed by atoms with Crippen LogP contribution in [0.5, 0.6) is 0 Å². The van der Waals surface area contributed by atoms with Gasteiger partial charge in [0.15, 0.2) is 0 Å². The summed E-state index contributed by atoms with van der Waals surface area (Å²) in [6.45, 7) is 4.68. The number of benzene rings is 1. The number of fused-ring (bicyclic) bond motifs is 1. The van der Waals surface area contributed by atoms with Crippen LogP contribution >= 0.6 is 0 Å². The van der Waals surface area contributed by atoms with Gasteiger partial charge in [0.2, 0.25) is 0 Å². The van der Waals surface area contributed by atoms with Gasteiger partial charge in [-0.2, -0.15) is 13.2 Å². The lowest BCUT2D eigenvalue weighted by Gasteiger charge is -2.47. The smallest absolute Gasteiger partial charge is 0.388 e. The van der Waals surface area contributed by atoms with Gasteiger partial charge in [0, 0.05) is 28.1 Å². The van der Waals surface area contributed by atoms with Crippen LogP contribution in [0, 0.1) is 11.2 Å². The fourth-order valence-electron chi connectivity index (χ4n) is 6.07. The Hall–Kier alpha value is -2.29. The summed E-state index contributed by atoms with van der Waals surface area (Å²) >= 11 is 0. The van der Waals surface area contributed by atoms with Crippen LogP contribution in [0.4, 0.5) is 17.6 Å². The van der Waals surface area contributed by atoms with Crippen molar-refractivity contribution in [2.24, 2.45) is 5.41 Å². The molecule has 3 aliphatic rings. The van der Waals surface area contributed by atoms with Crippen LogP contribution in [0.25, 0.3) is 5.57 Å². The van der Waals surface area contributed by atoms with E-state index in [2.05, 4.69) is 0 Å². The zero-order valence-electron chi connectivity index (χ0n) is 20.5. The fraction of sp³-hybridized carbons (Fsp3) is 0.536. The van der Waals surface area contributed by atoms with Crippen LogP contribution in [-0.4, -0.2) is 28.4 Å². The van der Waals surface area contributed by atoms with Crippen LogP contribution in [0.1, 0.15) is 103 Å². The third-order valence-corrected chi connectivity index (χ3v) is 8.02. The van der Waals surface area contributed by atoms with E-state index >= 15 is 4.39 Å². The topological polar surface area (TPSA) is 62.6 Å². The van der Waals surface area contributed by atoms with E-state index in [0.29, 0.717) is 54.5 Å². The number of aliphatic hydroxyl groups excluding tert-OH is 2. The average molecular weight is 506 g/mol. The second kappa shape index (κ2) is 9.23. The van der Waals surface area contributed by atoms with E-state index in [1.54, 1.807) is 0 Å². The first-order valence-corrected chi connectivity index (χ1v) is 12.6. The summed E-state index contributed by atoms with van der Waals surface area (Å²) in [5.41, 5.74) is 2.61. The van der Waals surface area contributed by atoms with Gasteiger partial charge >= 0.3 is 6.18 Å². The molecule has 2 heterocycles. The zero-order valence-corrected chi connectivity index (χ0v) is 20.5. The zero-order chi connectivity index (χ0) is 25.8. The molecular formula is C28H31F4NO3. The van der Waals surface area contributed by atoms with Crippen molar-refractivity contribution in [3.63, 3.8) is 0 Å². The van der Waals surface area contributed by atoms with Crippen molar-refractivity contribution in [1.29, 1.82) is 0 Å². The monoisotopic (exact) mass is 505 g/mol. The Balaban J connectivity index is 1.73. The maximum Gasteiger partial charge on any atom is 0.416 e. The molecule has 1 spiro atoms. The van der Waals surface area contributed by atoms with Gasteiger partial charge in [-0.15, -0.1) is 0 Å². The molecule has 2 N–H and O–H groups in total. The lowest BCUT2D eigenvalue weighted by molar-refractivity contribution is -0.137. The third kappa shape index (κ3) is 4.37. The van der Waals surface area contributed by atoms with Crippen LogP contribution in [-0.2, 0) is 17.3 Å². The van der Waals surface area contributed by atoms with Crippen molar-refractivity contribution in [2.45, 2.75) is 76.7 Å². The molecule has 36 heavy (non-hydrogen) atoms. The highest BCUT2D eigenvalue weighted by atomic mass is 19.4. The Bertz CT molecular complexity index is 1200. The van der Waals surface area contributed by atoms with Crippen LogP contribution < -0.4 is 0 Å². The molecule has 2 atom stereocenters. The van der Waals surface area contributed by atoms with Crippen LogP contribution in [0.15, 0.2) is 24.3 Å². The minimum Gasteiger partial charge on any atom is -0.388 e. The average Bonchev–Trinajstić information content (AvgIpc) is 2.81. The molecule has 1 fully saturated rings. The van der Waals surface area contributed by atoms with Gasteiger partial charge in [-0.3, -0.25) is 4.98 Å². The molecule has 0 amide bonds. The molecule has 5 rings (SSSR count). The molecule has 0 bridgehead atoms. The van der Waals surface area contributed by atoms with Gasteiger partial charge in [-0.25, -0.2) is 4.39 Å². The molecule has 0 radical (unpaired) electrons. The molecule has 0 saturated heterocycles. The van der Waals surface area contributed by atoms with Crippen molar-refractivity contribution in [3.05, 3.63) is 69.3 Å². The molecule has 1 aromatic carbocycles. The maximum atomic E-state index is 15.0. The van der Waals surface area contributed by atoms with E-state index < -0.39 is 29.8 Å². The number of alkyl halides is 3. The number of halogens is 4. The highest BCUT2D eigenvalue weighted by molar-refractivity contribution is 5.75. The van der Waals surface area contributed by atoms with Crippen molar-refractivity contribution < 1.29 is 32.5 Å². The van der Waals surface area contributed by atoms with Gasteiger partial charge in [-0.05, 0) is 66.7 Å². The summed E-state index contributed by atoms with van der Waals surface area (Å²) < 4.78 is 60.0. The SMILES string of the molecule is CC(C)c1nc2c(c(C3=CCOCC3)c1[C@@H](O)c1ccc(C(F)(F)F)cc1F)C(O)CC1(CCC1)C2. The summed E-state index contributed by atoms with van der Waals surface area (Å²) in [5.74, 6) is -1.28. The molecular weight excluding hydrogens is 474 g/mol. The van der Waals surface area contributed by atoms with Gasteiger partial charge < -0.3 is 14.9 Å². The number of rotatable bonds is 4. The van der Waals surface area contributed by atoms with Crippen LogP contribution in [0.2, 0.25) is 0 Å². The normalized spacial score (nSPS) is 22.2. The molecule has 8 heteroatoms. The van der Waals surface area contributed by atoms with E-state index in [1.165, 1.54) is 0 Å². The van der Waals surface area contributed by atoms with Gasteiger partial charge in [0.05, 0.1) is 24.9 Å². The largest absolute Gasteiger partial charge is 0.416 e. The molecule has 1 aromatic heterocycles. The minimum absolute atomic E-state index is 0.0364. The summed E-state index contributed by atoms with van der Waals surface area (Å²) in [4.78, 5) is 4.95. The second-order valence-electron chi connectivity index (χ2n) is 10.7. The number of aromatic nitrogens is 1. The molecule has 1 saturated carbocycles. The summed E-state index contributed by atoms with van der Waals surface area (Å²) in [5, 5.41) is 22.9. The van der Waals surface area contributed by atoms with Crippen molar-refractivity contribution in [3.8, 4) is 0 Å². The van der Waals surface area contributed by atoms with E-state index in [1.807, 2.05) is 19.9 Å². The first kappa shape index (κ1) is 25.4. The Labute approximate surface area is 208 Å². The predicted molar refractivity (Wildman–Crippen MR) is 127 cm³/mol. The van der Waals surface area contributed by atoms with E-state index in [-0.39, 0.29) is 16.9 Å². The molecule has 194 valence electrons. The molecule has 4 nitrogen and oxygen atoms in total. The second-order valence-corrected chi connectivity index (χ2v) is 10.7. The first-order chi connectivity index (χ1) is 17.0. The maximum absolute atomic E-state index is 15.0. The number of hydrogen-bond acceptors (Lipinski definition) is 4. The van der Waals surface area contributed by atoms with E-state index in [9.17, 15) is 23.4 Å². The lowest BCUT2D eigenvalue weighted by Crippen LogP contribution is -2.39. The Morgan fingerprint density at radius 1 is 1.19 bits per heavy atom. The van der Waals surface area contributed by atoms with E-state index in [4.69, 9.17) is 9.72 Å². The third-order valence-electron chi connectivity index (χ3n) is 8.02. The number of ether oxygens (including phenoxy) is 1. The molecule has 2 aliphatic carbocycles. The highest BCUT2D eigenvalue weighted by Gasteiger charge is 2.46. The van der Waals surface area contributed by atoms with Crippen molar-refractivity contribution in [1.82, 2.24) is 4.98 Å². The summed E-state index contributed by atoms with van der Waals surface area (Å²) in [6.07, 6.45) is -0.0457. The van der Waals surface area contributed by atoms with Crippen molar-refractivity contribution >= 4 is 5.57 Å². The number of aliphatic hydroxyl groups is 2. The predicted octanol–water partition coefficient (Wildman–Crippen LogP) is 6.40. The Kier molecular flexibility index (Phi) is 6.50. The summed E-state index contributed by atoms with van der Waals surface area (Å²) in [6, 6.07) is 2.20. The summed E-state index contributed by atoms with van der Waals surface area (Å²) in [7, 11) is 0. The lowest BCUT2D eigenvalue weighted by atomic mass is 9.59. The molecule has 1 aliphatic heterocycles. The van der Waals surface area contributed by atoms with Gasteiger partial charge in [0.25, 0.3) is 0 Å². The minimum atomic E-state index is -4.69. The van der Waals surface area contributed by atoms with Gasteiger partial charge in [-0.1, -0.05) is 32.4 Å². The molecule has 2 aromatic rings. The number of pyridine rings is 1. The van der Waals surface area contributed by atoms with Crippen molar-refractivity contribution in [2.75, 3.05) is 13.2 Å². The molecule has 1 unspecified atom stereocenters. The van der Waals surface area contributed by atoms with Gasteiger partial charge in [0.1, 0.15) is 11.9 Å².